The molecule has 1 aromatic carbocycles. The van der Waals surface area contributed by atoms with Crippen LogP contribution in [0.15, 0.2) is 30.3 Å². The van der Waals surface area contributed by atoms with Gasteiger partial charge in [0.2, 0.25) is 0 Å². The molecular weight excluding hydrogens is 230 g/mol. The summed E-state index contributed by atoms with van der Waals surface area (Å²) in [4.78, 5) is 12.1. The van der Waals surface area contributed by atoms with Gasteiger partial charge in [-0.2, -0.15) is 10.5 Å². The van der Waals surface area contributed by atoms with E-state index in [4.69, 9.17) is 15.6 Å². The molecule has 0 aliphatic heterocycles. The average Bonchev–Trinajstić information content (AvgIpc) is 2.36. The number of hydrogen-bond donors (Lipinski definition) is 1. The predicted octanol–water partition coefficient (Wildman–Crippen LogP) is 1.64. The van der Waals surface area contributed by atoms with E-state index < -0.39 is 5.97 Å². The fourth-order valence-corrected chi connectivity index (χ4v) is 1.47. The third-order valence-corrected chi connectivity index (χ3v) is 2.21. The number of aliphatic carboxylic acids is 1. The van der Waals surface area contributed by atoms with Crippen molar-refractivity contribution >= 4 is 17.7 Å². The van der Waals surface area contributed by atoms with Gasteiger partial charge in [0, 0.05) is 11.8 Å². The molecule has 0 saturated heterocycles. The van der Waals surface area contributed by atoms with Crippen LogP contribution in [0, 0.1) is 22.7 Å². The number of nitrogens with zero attached hydrogens (tertiary/aromatic N) is 3. The Morgan fingerprint density at radius 3 is 2.44 bits per heavy atom. The highest BCUT2D eigenvalue weighted by atomic mass is 16.4. The molecule has 18 heavy (non-hydrogen) atoms. The molecule has 1 N–H and O–H groups in total. The van der Waals surface area contributed by atoms with Crippen LogP contribution in [0.2, 0.25) is 0 Å². The first kappa shape index (κ1) is 13.3. The molecule has 90 valence electrons. The van der Waals surface area contributed by atoms with Crippen LogP contribution in [0.3, 0.4) is 0 Å². The van der Waals surface area contributed by atoms with Crippen molar-refractivity contribution in [3.05, 3.63) is 35.9 Å². The van der Waals surface area contributed by atoms with E-state index in [0.29, 0.717) is 11.3 Å². The van der Waals surface area contributed by atoms with Gasteiger partial charge in [-0.25, -0.2) is 4.79 Å². The maximum atomic E-state index is 10.5. The average molecular weight is 241 g/mol. The molecule has 0 aliphatic carbocycles. The number of nitriles is 2. The van der Waals surface area contributed by atoms with E-state index >= 15 is 0 Å². The molecule has 5 heteroatoms. The minimum atomic E-state index is -1.04. The lowest BCUT2D eigenvalue weighted by Crippen LogP contribution is -2.24. The Hall–Kier alpha value is -2.79. The molecule has 0 bridgehead atoms. The van der Waals surface area contributed by atoms with Crippen LogP contribution >= 0.6 is 0 Å². The van der Waals surface area contributed by atoms with E-state index in [1.165, 1.54) is 6.08 Å². The van der Waals surface area contributed by atoms with E-state index in [1.54, 1.807) is 29.2 Å². The van der Waals surface area contributed by atoms with E-state index in [1.807, 2.05) is 12.1 Å². The van der Waals surface area contributed by atoms with Gasteiger partial charge in [-0.05, 0) is 17.7 Å². The summed E-state index contributed by atoms with van der Waals surface area (Å²) in [6.45, 7) is 0.150. The monoisotopic (exact) mass is 241 g/mol. The van der Waals surface area contributed by atoms with Crippen LogP contribution in [0.4, 0.5) is 5.69 Å². The van der Waals surface area contributed by atoms with Gasteiger partial charge in [0.15, 0.2) is 0 Å². The first-order valence-electron chi connectivity index (χ1n) is 5.18. The van der Waals surface area contributed by atoms with Gasteiger partial charge in [0.05, 0.1) is 12.1 Å². The Kier molecular flexibility index (Phi) is 4.96. The molecule has 0 spiro atoms. The number of rotatable bonds is 5. The van der Waals surface area contributed by atoms with Gasteiger partial charge >= 0.3 is 5.97 Å². The third kappa shape index (κ3) is 3.66. The van der Waals surface area contributed by atoms with E-state index in [-0.39, 0.29) is 13.1 Å². The molecule has 0 aromatic heterocycles. The fourth-order valence-electron chi connectivity index (χ4n) is 1.47. The standard InChI is InChI=1S/C13H11N3O2/c14-7-9-16(10-8-15)12-4-2-1-3-11(12)5-6-13(17)18/h1-6H,9-10H2,(H,17,18)/b6-5+. The summed E-state index contributed by atoms with van der Waals surface area (Å²) in [5, 5.41) is 26.0. The van der Waals surface area contributed by atoms with Crippen molar-refractivity contribution < 1.29 is 9.90 Å². The predicted molar refractivity (Wildman–Crippen MR) is 66.6 cm³/mol. The highest BCUT2D eigenvalue weighted by Gasteiger charge is 2.08. The van der Waals surface area contributed by atoms with Crippen molar-refractivity contribution in [1.29, 1.82) is 10.5 Å². The van der Waals surface area contributed by atoms with Crippen LogP contribution in [0.5, 0.6) is 0 Å². The summed E-state index contributed by atoms with van der Waals surface area (Å²) in [7, 11) is 0. The summed E-state index contributed by atoms with van der Waals surface area (Å²) < 4.78 is 0. The van der Waals surface area contributed by atoms with Crippen molar-refractivity contribution in [2.24, 2.45) is 0 Å². The summed E-state index contributed by atoms with van der Waals surface area (Å²) in [6.07, 6.45) is 2.47. The van der Waals surface area contributed by atoms with E-state index in [0.717, 1.165) is 6.08 Å². The lowest BCUT2D eigenvalue weighted by atomic mass is 10.1. The molecule has 0 unspecified atom stereocenters. The molecule has 0 saturated carbocycles. The Morgan fingerprint density at radius 2 is 1.89 bits per heavy atom. The molecule has 0 fully saturated rings. The maximum Gasteiger partial charge on any atom is 0.328 e. The number of carbonyl (C=O) groups is 1. The second-order valence-electron chi connectivity index (χ2n) is 3.40. The molecular formula is C13H11N3O2. The number of carboxylic acids is 1. The quantitative estimate of drug-likeness (QED) is 0.625. The minimum absolute atomic E-state index is 0.0749. The third-order valence-electron chi connectivity index (χ3n) is 2.21. The van der Waals surface area contributed by atoms with Crippen molar-refractivity contribution in [3.63, 3.8) is 0 Å². The normalized spacial score (nSPS) is 9.67. The highest BCUT2D eigenvalue weighted by Crippen LogP contribution is 2.21. The Balaban J connectivity index is 3.10. The van der Waals surface area contributed by atoms with E-state index in [2.05, 4.69) is 0 Å². The van der Waals surface area contributed by atoms with Crippen LogP contribution in [0.25, 0.3) is 6.08 Å². The smallest absolute Gasteiger partial charge is 0.328 e. The van der Waals surface area contributed by atoms with Crippen LogP contribution in [0.1, 0.15) is 5.56 Å². The topological polar surface area (TPSA) is 88.1 Å². The molecule has 0 atom stereocenters. The Labute approximate surface area is 105 Å². The summed E-state index contributed by atoms with van der Waals surface area (Å²) in [6, 6.07) is 11.0. The highest BCUT2D eigenvalue weighted by molar-refractivity contribution is 5.87. The molecule has 0 aliphatic rings. The Bertz CT molecular complexity index is 522. The van der Waals surface area contributed by atoms with Gasteiger partial charge in [-0.15, -0.1) is 0 Å². The van der Waals surface area contributed by atoms with Crippen molar-refractivity contribution in [3.8, 4) is 12.1 Å². The number of para-hydroxylation sites is 1. The van der Waals surface area contributed by atoms with E-state index in [9.17, 15) is 4.79 Å². The van der Waals surface area contributed by atoms with Crippen molar-refractivity contribution in [1.82, 2.24) is 0 Å². The zero-order chi connectivity index (χ0) is 13.4. The zero-order valence-electron chi connectivity index (χ0n) is 9.58. The second-order valence-corrected chi connectivity index (χ2v) is 3.40. The van der Waals surface area contributed by atoms with Crippen LogP contribution < -0.4 is 4.90 Å². The lowest BCUT2D eigenvalue weighted by Gasteiger charge is -2.20. The fraction of sp³-hybridized carbons (Fsp3) is 0.154. The first-order valence-corrected chi connectivity index (χ1v) is 5.18. The molecule has 1 rings (SSSR count). The number of carboxylic acid groups (broad SMARTS) is 1. The second kappa shape index (κ2) is 6.72. The largest absolute Gasteiger partial charge is 0.478 e. The molecule has 0 amide bonds. The molecule has 0 heterocycles. The van der Waals surface area contributed by atoms with Crippen molar-refractivity contribution in [2.45, 2.75) is 0 Å². The minimum Gasteiger partial charge on any atom is -0.478 e. The number of anilines is 1. The molecule has 0 radical (unpaired) electrons. The summed E-state index contributed by atoms with van der Waals surface area (Å²) >= 11 is 0. The summed E-state index contributed by atoms with van der Waals surface area (Å²) in [5.41, 5.74) is 1.32. The van der Waals surface area contributed by atoms with Gasteiger partial charge < -0.3 is 10.0 Å². The SMILES string of the molecule is N#CCN(CC#N)c1ccccc1/C=C/C(=O)O. The molecule has 5 nitrogen and oxygen atoms in total. The molecule has 1 aromatic rings. The van der Waals surface area contributed by atoms with Crippen LogP contribution in [-0.2, 0) is 4.79 Å². The van der Waals surface area contributed by atoms with Gasteiger partial charge in [-0.1, -0.05) is 18.2 Å². The number of hydrogen-bond acceptors (Lipinski definition) is 4. The summed E-state index contributed by atoms with van der Waals surface area (Å²) in [5.74, 6) is -1.04. The van der Waals surface area contributed by atoms with Gasteiger partial charge in [-0.3, -0.25) is 0 Å². The van der Waals surface area contributed by atoms with Crippen molar-refractivity contribution in [2.75, 3.05) is 18.0 Å². The first-order chi connectivity index (χ1) is 8.69. The van der Waals surface area contributed by atoms with Gasteiger partial charge in [0.1, 0.15) is 13.1 Å². The van der Waals surface area contributed by atoms with Gasteiger partial charge in [0.25, 0.3) is 0 Å². The Morgan fingerprint density at radius 1 is 1.28 bits per heavy atom. The lowest BCUT2D eigenvalue weighted by molar-refractivity contribution is -0.131. The zero-order valence-corrected chi connectivity index (χ0v) is 9.58. The maximum absolute atomic E-state index is 10.5. The van der Waals surface area contributed by atoms with Crippen LogP contribution in [-0.4, -0.2) is 24.2 Å². The number of benzene rings is 1.